The summed E-state index contributed by atoms with van der Waals surface area (Å²) >= 11 is 0. The summed E-state index contributed by atoms with van der Waals surface area (Å²) in [6.45, 7) is 26.1. The summed E-state index contributed by atoms with van der Waals surface area (Å²) < 4.78 is 5.14. The lowest BCUT2D eigenvalue weighted by molar-refractivity contribution is -0.138. The van der Waals surface area contributed by atoms with Crippen LogP contribution in [0.4, 0.5) is 0 Å². The number of likely N-dealkylation sites (tertiary alicyclic amines) is 1. The molecule has 11 nitrogen and oxygen atoms in total. The summed E-state index contributed by atoms with van der Waals surface area (Å²) in [7, 11) is 2.09. The molecule has 0 bridgehead atoms. The third-order valence-electron chi connectivity index (χ3n) is 8.05. The SMILES string of the molecule is CC(C)C(=O)N1CCCC1.CC(C)C(=O)N1CCN(C)CC1.CC(C)C(=O)N1CCOCC1.CC(C)C(=O)N[C@@H](C)c1ccccn1. The van der Waals surface area contributed by atoms with E-state index in [1.165, 1.54) is 12.8 Å². The maximum atomic E-state index is 11.5. The highest BCUT2D eigenvalue weighted by Crippen LogP contribution is 2.11. The fraction of sp³-hybridized carbons (Fsp3) is 0.750. The van der Waals surface area contributed by atoms with Gasteiger partial charge in [-0.1, -0.05) is 61.5 Å². The highest BCUT2D eigenvalue weighted by atomic mass is 16.5. The fourth-order valence-corrected chi connectivity index (χ4v) is 4.93. The number of likely N-dealkylation sites (N-methyl/N-ethyl adjacent to an activating group) is 1. The zero-order valence-electron chi connectivity index (χ0n) is 31.0. The summed E-state index contributed by atoms with van der Waals surface area (Å²) in [4.78, 5) is 57.8. The van der Waals surface area contributed by atoms with Crippen LogP contribution in [0.25, 0.3) is 0 Å². The molecule has 3 fully saturated rings. The summed E-state index contributed by atoms with van der Waals surface area (Å²) in [6.07, 6.45) is 4.12. The van der Waals surface area contributed by atoms with Gasteiger partial charge in [-0.25, -0.2) is 0 Å². The Bertz CT molecular complexity index is 1050. The fourth-order valence-electron chi connectivity index (χ4n) is 4.93. The van der Waals surface area contributed by atoms with E-state index in [1.54, 1.807) is 6.20 Å². The van der Waals surface area contributed by atoms with Crippen molar-refractivity contribution in [2.45, 2.75) is 81.2 Å². The van der Waals surface area contributed by atoms with E-state index < -0.39 is 0 Å². The number of morpholine rings is 1. The molecule has 4 amide bonds. The number of hydrogen-bond donors (Lipinski definition) is 1. The minimum absolute atomic E-state index is 0.0150. The van der Waals surface area contributed by atoms with Crippen molar-refractivity contribution >= 4 is 23.6 Å². The van der Waals surface area contributed by atoms with Gasteiger partial charge in [0.25, 0.3) is 0 Å². The Balaban J connectivity index is 0.000000316. The Kier molecular flexibility index (Phi) is 20.1. The van der Waals surface area contributed by atoms with E-state index in [-0.39, 0.29) is 41.5 Å². The van der Waals surface area contributed by atoms with Crippen LogP contribution in [0, 0.1) is 23.7 Å². The Labute approximate surface area is 284 Å². The summed E-state index contributed by atoms with van der Waals surface area (Å²) in [5.41, 5.74) is 0.890. The van der Waals surface area contributed by atoms with Crippen LogP contribution >= 0.6 is 0 Å². The number of nitrogens with one attached hydrogen (secondary N) is 1. The molecule has 1 aromatic heterocycles. The topological polar surface area (TPSA) is 115 Å². The monoisotopic (exact) mass is 660 g/mol. The molecule has 3 aliphatic rings. The minimum atomic E-state index is -0.0221. The Hall–Kier alpha value is -3.05. The quantitative estimate of drug-likeness (QED) is 0.489. The van der Waals surface area contributed by atoms with Gasteiger partial charge in [0.15, 0.2) is 0 Å². The van der Waals surface area contributed by atoms with E-state index >= 15 is 0 Å². The zero-order valence-corrected chi connectivity index (χ0v) is 31.0. The number of carbonyl (C=O) groups excluding carboxylic acids is 4. The number of aromatic nitrogens is 1. The first-order valence-corrected chi connectivity index (χ1v) is 17.5. The van der Waals surface area contributed by atoms with Crippen molar-refractivity contribution in [3.63, 3.8) is 0 Å². The Morgan fingerprint density at radius 2 is 1.09 bits per heavy atom. The average molecular weight is 661 g/mol. The molecule has 268 valence electrons. The standard InChI is InChI=1S/C11H16N2O.C9H18N2O.C8H15NO2.C8H15NO/c1-8(2)11(14)13-9(3)10-6-4-5-7-12-10;1-8(2)9(12)11-6-4-10(3)5-7-11;1-7(2)8(10)9-3-5-11-6-4-9;1-7(2)8(10)9-5-3-4-6-9/h4-9H,1-3H3,(H,13,14);8H,4-7H2,1-3H3;7H,3-6H2,1-2H3;7H,3-6H2,1-2H3/t9-;;;/m0.../s1. The van der Waals surface area contributed by atoms with Crippen LogP contribution in [-0.2, 0) is 23.9 Å². The summed E-state index contributed by atoms with van der Waals surface area (Å²) in [6, 6.07) is 5.66. The molecule has 1 atom stereocenters. The maximum absolute atomic E-state index is 11.5. The van der Waals surface area contributed by atoms with Crippen LogP contribution in [-0.4, -0.2) is 121 Å². The Morgan fingerprint density at radius 1 is 0.638 bits per heavy atom. The molecule has 3 saturated heterocycles. The predicted molar refractivity (Wildman–Crippen MR) is 187 cm³/mol. The van der Waals surface area contributed by atoms with Crippen LogP contribution in [0.1, 0.15) is 86.9 Å². The number of hydrogen-bond acceptors (Lipinski definition) is 7. The molecule has 1 aromatic rings. The maximum Gasteiger partial charge on any atom is 0.225 e. The van der Waals surface area contributed by atoms with E-state index in [0.29, 0.717) is 25.0 Å². The molecule has 0 aromatic carbocycles. The van der Waals surface area contributed by atoms with Crippen LogP contribution in [0.15, 0.2) is 24.4 Å². The van der Waals surface area contributed by atoms with Crippen molar-refractivity contribution in [3.8, 4) is 0 Å². The molecule has 0 spiro atoms. The highest BCUT2D eigenvalue weighted by Gasteiger charge is 2.21. The largest absolute Gasteiger partial charge is 0.378 e. The first-order chi connectivity index (χ1) is 22.1. The van der Waals surface area contributed by atoms with Crippen molar-refractivity contribution < 1.29 is 23.9 Å². The number of carbonyl (C=O) groups is 4. The zero-order chi connectivity index (χ0) is 35.5. The van der Waals surface area contributed by atoms with E-state index in [0.717, 1.165) is 58.1 Å². The van der Waals surface area contributed by atoms with Crippen LogP contribution in [0.3, 0.4) is 0 Å². The van der Waals surface area contributed by atoms with Gasteiger partial charge in [-0.15, -0.1) is 0 Å². The molecular weight excluding hydrogens is 596 g/mol. The van der Waals surface area contributed by atoms with E-state index in [1.807, 2.05) is 95.2 Å². The molecular formula is C36H64N6O5. The van der Waals surface area contributed by atoms with Crippen LogP contribution in [0.2, 0.25) is 0 Å². The third kappa shape index (κ3) is 16.6. The van der Waals surface area contributed by atoms with Crippen LogP contribution < -0.4 is 5.32 Å². The molecule has 11 heteroatoms. The second kappa shape index (κ2) is 22.5. The molecule has 47 heavy (non-hydrogen) atoms. The lowest BCUT2D eigenvalue weighted by atomic mass is 10.1. The van der Waals surface area contributed by atoms with Gasteiger partial charge in [0, 0.05) is 82.2 Å². The Morgan fingerprint density at radius 3 is 1.49 bits per heavy atom. The first kappa shape index (κ1) is 42.0. The van der Waals surface area contributed by atoms with Gasteiger partial charge in [0.1, 0.15) is 0 Å². The van der Waals surface area contributed by atoms with Crippen molar-refractivity contribution in [1.29, 1.82) is 0 Å². The molecule has 3 aliphatic heterocycles. The first-order valence-electron chi connectivity index (χ1n) is 17.5. The number of nitrogens with zero attached hydrogens (tertiary/aromatic N) is 5. The highest BCUT2D eigenvalue weighted by molar-refractivity contribution is 5.79. The van der Waals surface area contributed by atoms with Crippen molar-refractivity contribution in [1.82, 2.24) is 29.9 Å². The number of piperazine rings is 1. The van der Waals surface area contributed by atoms with Crippen molar-refractivity contribution in [2.75, 3.05) is 72.6 Å². The smallest absolute Gasteiger partial charge is 0.225 e. The number of pyridine rings is 1. The van der Waals surface area contributed by atoms with Crippen molar-refractivity contribution in [3.05, 3.63) is 30.1 Å². The van der Waals surface area contributed by atoms with Gasteiger partial charge < -0.3 is 29.7 Å². The molecule has 4 heterocycles. The average Bonchev–Trinajstić information content (AvgIpc) is 3.61. The van der Waals surface area contributed by atoms with Gasteiger partial charge in [-0.2, -0.15) is 0 Å². The second-order valence-corrected chi connectivity index (χ2v) is 13.7. The molecule has 0 unspecified atom stereocenters. The van der Waals surface area contributed by atoms with Crippen LogP contribution in [0.5, 0.6) is 0 Å². The van der Waals surface area contributed by atoms with E-state index in [4.69, 9.17) is 4.74 Å². The molecule has 1 N–H and O–H groups in total. The van der Waals surface area contributed by atoms with Gasteiger partial charge in [0.2, 0.25) is 23.6 Å². The summed E-state index contributed by atoms with van der Waals surface area (Å²) in [5, 5.41) is 2.89. The molecule has 0 aliphatic carbocycles. The number of rotatable bonds is 6. The molecule has 4 rings (SSSR count). The minimum Gasteiger partial charge on any atom is -0.378 e. The number of amides is 4. The van der Waals surface area contributed by atoms with Gasteiger partial charge in [-0.3, -0.25) is 24.2 Å². The summed E-state index contributed by atoms with van der Waals surface area (Å²) in [5.74, 6) is 1.37. The van der Waals surface area contributed by atoms with Gasteiger partial charge >= 0.3 is 0 Å². The van der Waals surface area contributed by atoms with Gasteiger partial charge in [-0.05, 0) is 38.9 Å². The normalized spacial score (nSPS) is 17.3. The third-order valence-corrected chi connectivity index (χ3v) is 8.05. The lowest BCUT2D eigenvalue weighted by Gasteiger charge is -2.33. The van der Waals surface area contributed by atoms with Gasteiger partial charge in [0.05, 0.1) is 24.9 Å². The van der Waals surface area contributed by atoms with E-state index in [2.05, 4.69) is 22.2 Å². The second-order valence-electron chi connectivity index (χ2n) is 13.7. The van der Waals surface area contributed by atoms with Crippen molar-refractivity contribution in [2.24, 2.45) is 23.7 Å². The predicted octanol–water partition coefficient (Wildman–Crippen LogP) is 4.10. The van der Waals surface area contributed by atoms with E-state index in [9.17, 15) is 19.2 Å². The lowest BCUT2D eigenvalue weighted by Crippen LogP contribution is -2.48. The number of ether oxygens (including phenoxy) is 1. The molecule has 0 saturated carbocycles. The molecule has 0 radical (unpaired) electrons.